The van der Waals surface area contributed by atoms with E-state index in [2.05, 4.69) is 25.9 Å². The molecule has 0 aromatic rings. The Morgan fingerprint density at radius 2 is 1.76 bits per heavy atom. The smallest absolute Gasteiger partial charge is 0.0357 e. The van der Waals surface area contributed by atoms with Gasteiger partial charge in [-0.15, -0.1) is 0 Å². The lowest BCUT2D eigenvalue weighted by Crippen LogP contribution is -2.59. The molecule has 100 valence electrons. The van der Waals surface area contributed by atoms with Gasteiger partial charge in [-0.2, -0.15) is 0 Å². The number of rotatable bonds is 3. The Hall–Kier alpha value is -0.0800. The number of likely N-dealkylation sites (N-methyl/N-ethyl adjacent to an activating group) is 1. The standard InChI is InChI=1S/C15H30N2/c1-12-7-6-8-13(11-12)14(16)15(17(2)3)9-4-5-10-15/h12-14H,4-11,16H2,1-3H3. The van der Waals surface area contributed by atoms with Crippen LogP contribution in [0, 0.1) is 11.8 Å². The van der Waals surface area contributed by atoms with Crippen molar-refractivity contribution in [3.8, 4) is 0 Å². The second-order valence-corrected chi connectivity index (χ2v) is 6.76. The van der Waals surface area contributed by atoms with Crippen LogP contribution < -0.4 is 5.73 Å². The first-order chi connectivity index (χ1) is 8.06. The van der Waals surface area contributed by atoms with Gasteiger partial charge in [0.15, 0.2) is 0 Å². The molecule has 2 N–H and O–H groups in total. The van der Waals surface area contributed by atoms with Crippen LogP contribution in [0.5, 0.6) is 0 Å². The highest BCUT2D eigenvalue weighted by Gasteiger charge is 2.44. The summed E-state index contributed by atoms with van der Waals surface area (Å²) in [5.74, 6) is 1.65. The SMILES string of the molecule is CC1CCCC(C(N)C2(N(C)C)CCCC2)C1. The average molecular weight is 238 g/mol. The lowest BCUT2D eigenvalue weighted by Gasteiger charge is -2.46. The van der Waals surface area contributed by atoms with E-state index in [0.29, 0.717) is 11.6 Å². The molecule has 17 heavy (non-hydrogen) atoms. The number of nitrogens with zero attached hydrogens (tertiary/aromatic N) is 1. The van der Waals surface area contributed by atoms with Gasteiger partial charge in [-0.1, -0.05) is 32.6 Å². The summed E-state index contributed by atoms with van der Waals surface area (Å²) < 4.78 is 0. The molecule has 0 saturated heterocycles. The molecule has 0 bridgehead atoms. The molecule has 0 amide bonds. The number of nitrogens with two attached hydrogens (primary N) is 1. The first-order valence-electron chi connectivity index (χ1n) is 7.49. The van der Waals surface area contributed by atoms with E-state index < -0.39 is 0 Å². The van der Waals surface area contributed by atoms with Gasteiger partial charge in [-0.3, -0.25) is 0 Å². The summed E-state index contributed by atoms with van der Waals surface area (Å²) in [5.41, 5.74) is 7.02. The average Bonchev–Trinajstić information content (AvgIpc) is 2.78. The molecule has 0 aliphatic heterocycles. The molecule has 2 aliphatic rings. The van der Waals surface area contributed by atoms with Crippen molar-refractivity contribution in [2.45, 2.75) is 69.9 Å². The van der Waals surface area contributed by atoms with Crippen LogP contribution in [0.1, 0.15) is 58.3 Å². The van der Waals surface area contributed by atoms with Crippen LogP contribution in [-0.4, -0.2) is 30.6 Å². The van der Waals surface area contributed by atoms with Crippen molar-refractivity contribution in [1.29, 1.82) is 0 Å². The highest BCUT2D eigenvalue weighted by Crippen LogP contribution is 2.42. The number of hydrogen-bond acceptors (Lipinski definition) is 2. The lowest BCUT2D eigenvalue weighted by molar-refractivity contribution is 0.0742. The van der Waals surface area contributed by atoms with Crippen molar-refractivity contribution in [3.63, 3.8) is 0 Å². The molecule has 3 unspecified atom stereocenters. The van der Waals surface area contributed by atoms with Gasteiger partial charge in [0.25, 0.3) is 0 Å². The normalized spacial score (nSPS) is 35.1. The number of hydrogen-bond donors (Lipinski definition) is 1. The molecular formula is C15H30N2. The van der Waals surface area contributed by atoms with E-state index in [-0.39, 0.29) is 0 Å². The predicted octanol–water partition coefficient (Wildman–Crippen LogP) is 3.01. The third-order valence-corrected chi connectivity index (χ3v) is 5.47. The van der Waals surface area contributed by atoms with Gasteiger partial charge < -0.3 is 10.6 Å². The maximum Gasteiger partial charge on any atom is 0.0357 e. The van der Waals surface area contributed by atoms with Gasteiger partial charge in [0.1, 0.15) is 0 Å². The van der Waals surface area contributed by atoms with E-state index in [1.807, 2.05) is 0 Å². The first-order valence-corrected chi connectivity index (χ1v) is 7.49. The zero-order valence-electron chi connectivity index (χ0n) is 11.9. The fraction of sp³-hybridized carbons (Fsp3) is 1.00. The zero-order chi connectivity index (χ0) is 12.5. The van der Waals surface area contributed by atoms with Gasteiger partial charge in [-0.05, 0) is 51.6 Å². The van der Waals surface area contributed by atoms with E-state index >= 15 is 0 Å². The fourth-order valence-corrected chi connectivity index (χ4v) is 4.31. The van der Waals surface area contributed by atoms with Crippen molar-refractivity contribution >= 4 is 0 Å². The summed E-state index contributed by atoms with van der Waals surface area (Å²) in [7, 11) is 4.47. The molecule has 0 aromatic heterocycles. The highest BCUT2D eigenvalue weighted by atomic mass is 15.2. The molecule has 0 heterocycles. The van der Waals surface area contributed by atoms with Gasteiger partial charge in [0.2, 0.25) is 0 Å². The van der Waals surface area contributed by atoms with Crippen molar-refractivity contribution < 1.29 is 0 Å². The summed E-state index contributed by atoms with van der Waals surface area (Å²) in [4.78, 5) is 2.43. The van der Waals surface area contributed by atoms with E-state index in [9.17, 15) is 0 Å². The quantitative estimate of drug-likeness (QED) is 0.819. The van der Waals surface area contributed by atoms with E-state index in [0.717, 1.165) is 11.8 Å². The molecular weight excluding hydrogens is 208 g/mol. The maximum absolute atomic E-state index is 6.71. The Morgan fingerprint density at radius 1 is 1.12 bits per heavy atom. The van der Waals surface area contributed by atoms with Crippen LogP contribution in [0.3, 0.4) is 0 Å². The van der Waals surface area contributed by atoms with E-state index in [1.54, 1.807) is 0 Å². The van der Waals surface area contributed by atoms with Gasteiger partial charge in [0.05, 0.1) is 0 Å². The molecule has 2 saturated carbocycles. The van der Waals surface area contributed by atoms with Crippen LogP contribution in [0.15, 0.2) is 0 Å². The van der Waals surface area contributed by atoms with E-state index in [1.165, 1.54) is 51.4 Å². The van der Waals surface area contributed by atoms with Crippen LogP contribution in [0.2, 0.25) is 0 Å². The Labute approximate surface area is 107 Å². The third-order valence-electron chi connectivity index (χ3n) is 5.47. The van der Waals surface area contributed by atoms with Gasteiger partial charge in [-0.25, -0.2) is 0 Å². The minimum Gasteiger partial charge on any atom is -0.326 e. The molecule has 2 heteroatoms. The van der Waals surface area contributed by atoms with Gasteiger partial charge >= 0.3 is 0 Å². The minimum absolute atomic E-state index is 0.307. The Kier molecular flexibility index (Phi) is 4.14. The van der Waals surface area contributed by atoms with Crippen molar-refractivity contribution in [1.82, 2.24) is 4.90 Å². The molecule has 0 aromatic carbocycles. The summed E-state index contributed by atoms with van der Waals surface area (Å²) in [6.07, 6.45) is 10.9. The predicted molar refractivity (Wildman–Crippen MR) is 74.0 cm³/mol. The second-order valence-electron chi connectivity index (χ2n) is 6.76. The summed E-state index contributed by atoms with van der Waals surface area (Å²) >= 11 is 0. The molecule has 0 radical (unpaired) electrons. The van der Waals surface area contributed by atoms with Crippen LogP contribution in [-0.2, 0) is 0 Å². The van der Waals surface area contributed by atoms with Crippen molar-refractivity contribution in [3.05, 3.63) is 0 Å². The summed E-state index contributed by atoms with van der Waals surface area (Å²) in [6.45, 7) is 2.40. The third kappa shape index (κ3) is 2.53. The van der Waals surface area contributed by atoms with Crippen LogP contribution >= 0.6 is 0 Å². The largest absolute Gasteiger partial charge is 0.326 e. The van der Waals surface area contributed by atoms with Crippen LogP contribution in [0.4, 0.5) is 0 Å². The molecule has 2 rings (SSSR count). The molecule has 0 spiro atoms. The topological polar surface area (TPSA) is 29.3 Å². The monoisotopic (exact) mass is 238 g/mol. The Morgan fingerprint density at radius 3 is 2.29 bits per heavy atom. The maximum atomic E-state index is 6.71. The summed E-state index contributed by atoms with van der Waals surface area (Å²) in [5, 5.41) is 0. The molecule has 2 nitrogen and oxygen atoms in total. The van der Waals surface area contributed by atoms with Gasteiger partial charge in [0, 0.05) is 11.6 Å². The second kappa shape index (κ2) is 5.27. The van der Waals surface area contributed by atoms with E-state index in [4.69, 9.17) is 5.73 Å². The Balaban J connectivity index is 2.08. The first kappa shape index (κ1) is 13.4. The summed E-state index contributed by atoms with van der Waals surface area (Å²) in [6, 6.07) is 0.391. The van der Waals surface area contributed by atoms with Crippen LogP contribution in [0.25, 0.3) is 0 Å². The molecule has 3 atom stereocenters. The van der Waals surface area contributed by atoms with Crippen molar-refractivity contribution in [2.24, 2.45) is 17.6 Å². The lowest BCUT2D eigenvalue weighted by atomic mass is 9.71. The molecule has 2 aliphatic carbocycles. The minimum atomic E-state index is 0.307. The fourth-order valence-electron chi connectivity index (χ4n) is 4.31. The molecule has 2 fully saturated rings. The highest BCUT2D eigenvalue weighted by molar-refractivity contribution is 5.03. The zero-order valence-corrected chi connectivity index (χ0v) is 11.9. The Bertz CT molecular complexity index is 243. The van der Waals surface area contributed by atoms with Crippen molar-refractivity contribution in [2.75, 3.05) is 14.1 Å².